The Bertz CT molecular complexity index is 1080. The van der Waals surface area contributed by atoms with Crippen molar-refractivity contribution in [2.45, 2.75) is 80.0 Å². The van der Waals surface area contributed by atoms with Crippen LogP contribution >= 0.6 is 11.8 Å². The minimum atomic E-state index is -0.922. The van der Waals surface area contributed by atoms with Gasteiger partial charge in [-0.3, -0.25) is 9.59 Å². The molecule has 0 aliphatic heterocycles. The van der Waals surface area contributed by atoms with Gasteiger partial charge < -0.3 is 19.7 Å². The number of hydrogen-bond donors (Lipinski definition) is 2. The van der Waals surface area contributed by atoms with Gasteiger partial charge in [0.05, 0.1) is 0 Å². The molecule has 5 saturated carbocycles. The van der Waals surface area contributed by atoms with Gasteiger partial charge >= 0.3 is 5.97 Å². The van der Waals surface area contributed by atoms with Gasteiger partial charge in [0, 0.05) is 10.9 Å². The molecule has 36 heavy (non-hydrogen) atoms. The molecule has 0 unspecified atom stereocenters. The second-order valence-corrected chi connectivity index (χ2v) is 12.5. The van der Waals surface area contributed by atoms with Crippen molar-refractivity contribution >= 4 is 23.6 Å². The summed E-state index contributed by atoms with van der Waals surface area (Å²) in [6.45, 7) is 0.0217. The maximum absolute atomic E-state index is 13.5. The molecule has 1 heterocycles. The molecule has 1 aromatic heterocycles. The molecule has 2 N–H and O–H groups in total. The highest BCUT2D eigenvalue weighted by Gasteiger charge is 2.49. The van der Waals surface area contributed by atoms with E-state index in [1.165, 1.54) is 43.9 Å². The van der Waals surface area contributed by atoms with E-state index in [-0.39, 0.29) is 30.2 Å². The summed E-state index contributed by atoms with van der Waals surface area (Å²) < 4.78 is 11.6. The molecule has 2 aromatic rings. The Labute approximate surface area is 215 Å². The Kier molecular flexibility index (Phi) is 6.48. The molecule has 0 spiro atoms. The Balaban J connectivity index is 1.23. The van der Waals surface area contributed by atoms with Crippen LogP contribution < -0.4 is 10.1 Å². The monoisotopic (exact) mass is 510 g/mol. The number of rotatable bonds is 8. The number of carboxylic acid groups (broad SMARTS) is 1. The molecular weight excluding hydrogens is 476 g/mol. The van der Waals surface area contributed by atoms with Crippen LogP contribution in [0.5, 0.6) is 5.88 Å². The van der Waals surface area contributed by atoms with Crippen LogP contribution in [-0.2, 0) is 4.79 Å². The highest BCUT2D eigenvalue weighted by atomic mass is 32.2. The van der Waals surface area contributed by atoms with E-state index in [1.807, 2.05) is 30.3 Å². The summed E-state index contributed by atoms with van der Waals surface area (Å²) in [7, 11) is 0. The van der Waals surface area contributed by atoms with E-state index < -0.39 is 11.4 Å². The first-order valence-electron chi connectivity index (χ1n) is 13.4. The number of aliphatic carboxylic acids is 1. The maximum Gasteiger partial charge on any atom is 0.313 e. The van der Waals surface area contributed by atoms with Gasteiger partial charge in [0.15, 0.2) is 0 Å². The van der Waals surface area contributed by atoms with Gasteiger partial charge in [0.1, 0.15) is 16.9 Å². The maximum atomic E-state index is 13.5. The quantitative estimate of drug-likeness (QED) is 0.463. The zero-order valence-electron chi connectivity index (χ0n) is 20.5. The number of aromatic nitrogens is 1. The molecule has 1 aromatic carbocycles. The summed E-state index contributed by atoms with van der Waals surface area (Å²) in [6, 6.07) is 9.92. The highest BCUT2D eigenvalue weighted by molar-refractivity contribution is 7.99. The van der Waals surface area contributed by atoms with Crippen molar-refractivity contribution in [3.8, 4) is 5.88 Å². The van der Waals surface area contributed by atoms with Crippen molar-refractivity contribution in [1.29, 1.82) is 0 Å². The fourth-order valence-electron chi connectivity index (χ4n) is 7.43. The van der Waals surface area contributed by atoms with Crippen molar-refractivity contribution in [3.63, 3.8) is 0 Å². The Hall–Kier alpha value is -2.48. The molecule has 5 fully saturated rings. The molecule has 0 atom stereocenters. The lowest BCUT2D eigenvalue weighted by Gasteiger charge is -2.54. The summed E-state index contributed by atoms with van der Waals surface area (Å²) in [5.41, 5.74) is -0.922. The Morgan fingerprint density at radius 2 is 1.69 bits per heavy atom. The number of hydrogen-bond acceptors (Lipinski definition) is 6. The van der Waals surface area contributed by atoms with E-state index in [9.17, 15) is 14.7 Å². The molecule has 7 rings (SSSR count). The summed E-state index contributed by atoms with van der Waals surface area (Å²) in [5, 5.41) is 17.4. The minimum absolute atomic E-state index is 0.0217. The second-order valence-electron chi connectivity index (χ2n) is 11.4. The van der Waals surface area contributed by atoms with Crippen molar-refractivity contribution in [2.75, 3.05) is 6.61 Å². The smallest absolute Gasteiger partial charge is 0.313 e. The van der Waals surface area contributed by atoms with Crippen molar-refractivity contribution < 1.29 is 24.0 Å². The summed E-state index contributed by atoms with van der Waals surface area (Å²) >= 11 is 1.37. The highest BCUT2D eigenvalue weighted by Crippen LogP contribution is 2.54. The van der Waals surface area contributed by atoms with Gasteiger partial charge in [-0.1, -0.05) is 49.2 Å². The number of carbonyl (C=O) groups excluding carboxylic acids is 1. The van der Waals surface area contributed by atoms with Crippen LogP contribution in [0.1, 0.15) is 74.8 Å². The fourth-order valence-corrected chi connectivity index (χ4v) is 8.37. The van der Waals surface area contributed by atoms with Crippen LogP contribution in [0, 0.1) is 29.1 Å². The van der Waals surface area contributed by atoms with Gasteiger partial charge in [-0.05, 0) is 85.9 Å². The van der Waals surface area contributed by atoms with Gasteiger partial charge in [0.25, 0.3) is 11.8 Å². The molecule has 5 aliphatic carbocycles. The number of ether oxygens (including phenoxy) is 1. The molecule has 0 saturated heterocycles. The van der Waals surface area contributed by atoms with E-state index >= 15 is 0 Å². The number of nitrogens with zero attached hydrogens (tertiary/aromatic N) is 1. The normalized spacial score (nSPS) is 30.2. The zero-order valence-corrected chi connectivity index (χ0v) is 21.3. The van der Waals surface area contributed by atoms with E-state index in [0.717, 1.165) is 36.0 Å². The third-order valence-electron chi connectivity index (χ3n) is 9.06. The number of nitrogens with one attached hydrogen (secondary N) is 1. The van der Waals surface area contributed by atoms with Crippen LogP contribution in [0.25, 0.3) is 0 Å². The third-order valence-corrected chi connectivity index (χ3v) is 10.1. The fraction of sp³-hybridized carbons (Fsp3) is 0.607. The zero-order chi connectivity index (χ0) is 24.7. The van der Waals surface area contributed by atoms with Crippen molar-refractivity contribution in [2.24, 2.45) is 29.1 Å². The average molecular weight is 511 g/mol. The first-order valence-corrected chi connectivity index (χ1v) is 14.2. The Morgan fingerprint density at radius 3 is 2.33 bits per heavy atom. The molecule has 7 nitrogen and oxygen atoms in total. The van der Waals surface area contributed by atoms with Crippen LogP contribution in [0.15, 0.2) is 44.6 Å². The SMILES string of the molecule is O=C(NC1C2CC3CC(C2)CC1C3)c1onc(OCC2(C(=O)O)CCCCC2)c1Sc1ccccc1. The molecule has 0 radical (unpaired) electrons. The molecule has 1 amide bonds. The molecule has 5 aliphatic rings. The molecule has 192 valence electrons. The van der Waals surface area contributed by atoms with Crippen LogP contribution in [0.3, 0.4) is 0 Å². The van der Waals surface area contributed by atoms with E-state index in [0.29, 0.717) is 29.6 Å². The first kappa shape index (κ1) is 23.9. The van der Waals surface area contributed by atoms with Gasteiger partial charge in [-0.2, -0.15) is 0 Å². The van der Waals surface area contributed by atoms with Crippen molar-refractivity contribution in [1.82, 2.24) is 10.5 Å². The molecule has 8 heteroatoms. The van der Waals surface area contributed by atoms with E-state index in [4.69, 9.17) is 9.26 Å². The summed E-state index contributed by atoms with van der Waals surface area (Å²) in [4.78, 5) is 27.1. The summed E-state index contributed by atoms with van der Waals surface area (Å²) in [6.07, 6.45) is 10.2. The topological polar surface area (TPSA) is 102 Å². The third kappa shape index (κ3) is 4.53. The minimum Gasteiger partial charge on any atom is -0.481 e. The second kappa shape index (κ2) is 9.77. The lowest BCUT2D eigenvalue weighted by Crippen LogP contribution is -2.55. The van der Waals surface area contributed by atoms with E-state index in [1.54, 1.807) is 0 Å². The van der Waals surface area contributed by atoms with Crippen LogP contribution in [0.4, 0.5) is 0 Å². The largest absolute Gasteiger partial charge is 0.481 e. The lowest BCUT2D eigenvalue weighted by atomic mass is 9.54. The Morgan fingerprint density at radius 1 is 1.03 bits per heavy atom. The standard InChI is InChI=1S/C28H34N2O5S/c31-25(29-22-19-12-17-11-18(14-19)15-20(22)13-17)23-24(36-21-7-3-1-4-8-21)26(30-35-23)34-16-28(27(32)33)9-5-2-6-10-28/h1,3-4,7-8,17-20,22H,2,5-6,9-16H2,(H,29,31)(H,32,33). The summed E-state index contributed by atoms with van der Waals surface area (Å²) in [5.74, 6) is 2.03. The number of amides is 1. The predicted octanol–water partition coefficient (Wildman–Crippen LogP) is 5.79. The van der Waals surface area contributed by atoms with Gasteiger partial charge in [-0.25, -0.2) is 0 Å². The van der Waals surface area contributed by atoms with Crippen LogP contribution in [0.2, 0.25) is 0 Å². The van der Waals surface area contributed by atoms with Crippen molar-refractivity contribution in [3.05, 3.63) is 36.1 Å². The lowest BCUT2D eigenvalue weighted by molar-refractivity contribution is -0.153. The van der Waals surface area contributed by atoms with Gasteiger partial charge in [0.2, 0.25) is 5.76 Å². The number of carboxylic acids is 1. The van der Waals surface area contributed by atoms with Gasteiger partial charge in [-0.15, -0.1) is 0 Å². The first-order chi connectivity index (χ1) is 17.5. The molecular formula is C28H34N2O5S. The van der Waals surface area contributed by atoms with Crippen LogP contribution in [-0.4, -0.2) is 34.8 Å². The average Bonchev–Trinajstić information content (AvgIpc) is 3.28. The van der Waals surface area contributed by atoms with E-state index in [2.05, 4.69) is 10.5 Å². The molecule has 4 bridgehead atoms. The number of carbonyl (C=O) groups is 2. The number of benzene rings is 1. The predicted molar refractivity (Wildman–Crippen MR) is 134 cm³/mol.